The van der Waals surface area contributed by atoms with Crippen molar-refractivity contribution in [2.75, 3.05) is 13.2 Å². The molecule has 1 aromatic carbocycles. The number of carbonyl (C=O) groups excluding carboxylic acids is 1. The molecule has 1 aliphatic rings. The molecule has 32 heavy (non-hydrogen) atoms. The van der Waals surface area contributed by atoms with Crippen LogP contribution in [0.3, 0.4) is 0 Å². The molecule has 2 atom stereocenters. The summed E-state index contributed by atoms with van der Waals surface area (Å²) >= 11 is 5.89. The zero-order valence-electron chi connectivity index (χ0n) is 17.2. The lowest BCUT2D eigenvalue weighted by Gasteiger charge is -2.28. The Morgan fingerprint density at radius 1 is 1.38 bits per heavy atom. The molecule has 2 aromatic heterocycles. The number of aryl methyl sites for hydroxylation is 1. The van der Waals surface area contributed by atoms with E-state index in [1.807, 2.05) is 0 Å². The maximum atomic E-state index is 14.8. The standard InChI is InChI=1S/C21H20ClF2N5O3/c1-20(18(26)30)9-32-17-11(20)6-15(21(31,8-25)19-27-3-4-29(19)2)28-16(17)10-5-12(22)14(24)7-13(10)23/h3-7,31H,8-9,25H2,1-2H3,(H2,26,30)/t20-,21?/m0/s1. The number of aromatic nitrogens is 3. The van der Waals surface area contributed by atoms with Crippen LogP contribution in [0.1, 0.15) is 24.0 Å². The lowest BCUT2D eigenvalue weighted by atomic mass is 9.81. The summed E-state index contributed by atoms with van der Waals surface area (Å²) < 4.78 is 35.8. The maximum Gasteiger partial charge on any atom is 0.231 e. The van der Waals surface area contributed by atoms with Crippen molar-refractivity contribution in [2.45, 2.75) is 17.9 Å². The fraction of sp³-hybridized carbons (Fsp3) is 0.286. The number of primary amides is 1. The van der Waals surface area contributed by atoms with Crippen molar-refractivity contribution >= 4 is 17.5 Å². The van der Waals surface area contributed by atoms with Crippen LogP contribution in [-0.4, -0.2) is 38.7 Å². The Morgan fingerprint density at radius 2 is 2.09 bits per heavy atom. The van der Waals surface area contributed by atoms with Crippen molar-refractivity contribution in [3.05, 3.63) is 64.3 Å². The molecule has 0 bridgehead atoms. The summed E-state index contributed by atoms with van der Waals surface area (Å²) in [6, 6.07) is 3.12. The van der Waals surface area contributed by atoms with Gasteiger partial charge in [0.25, 0.3) is 0 Å². The quantitative estimate of drug-likeness (QED) is 0.494. The molecule has 11 heteroatoms. The molecular formula is C21H20ClF2N5O3. The maximum absolute atomic E-state index is 14.8. The van der Waals surface area contributed by atoms with Crippen LogP contribution >= 0.6 is 11.6 Å². The summed E-state index contributed by atoms with van der Waals surface area (Å²) in [5.74, 6) is -2.34. The molecule has 8 nitrogen and oxygen atoms in total. The largest absolute Gasteiger partial charge is 0.489 e. The number of amides is 1. The van der Waals surface area contributed by atoms with E-state index in [0.717, 1.165) is 6.07 Å². The molecular weight excluding hydrogens is 444 g/mol. The smallest absolute Gasteiger partial charge is 0.231 e. The predicted octanol–water partition coefficient (Wildman–Crippen LogP) is 1.74. The number of benzene rings is 1. The molecule has 0 spiro atoms. The number of imidazole rings is 1. The summed E-state index contributed by atoms with van der Waals surface area (Å²) in [6.07, 6.45) is 3.08. The Kier molecular flexibility index (Phi) is 5.19. The third-order valence-corrected chi connectivity index (χ3v) is 6.08. The van der Waals surface area contributed by atoms with E-state index in [9.17, 15) is 18.7 Å². The van der Waals surface area contributed by atoms with Crippen LogP contribution in [0.25, 0.3) is 11.3 Å². The topological polar surface area (TPSA) is 129 Å². The monoisotopic (exact) mass is 463 g/mol. The van der Waals surface area contributed by atoms with Gasteiger partial charge in [-0.05, 0) is 19.1 Å². The van der Waals surface area contributed by atoms with Crippen molar-refractivity contribution in [2.24, 2.45) is 18.5 Å². The second kappa shape index (κ2) is 7.51. The van der Waals surface area contributed by atoms with Gasteiger partial charge in [-0.3, -0.25) is 4.79 Å². The molecule has 1 aliphatic heterocycles. The Bertz CT molecular complexity index is 1250. The lowest BCUT2D eigenvalue weighted by molar-refractivity contribution is -0.123. The zero-order valence-corrected chi connectivity index (χ0v) is 18.0. The molecule has 0 radical (unpaired) electrons. The second-order valence-electron chi connectivity index (χ2n) is 7.89. The highest BCUT2D eigenvalue weighted by Gasteiger charge is 2.46. The number of hydrogen-bond acceptors (Lipinski definition) is 6. The number of rotatable bonds is 5. The highest BCUT2D eigenvalue weighted by atomic mass is 35.5. The van der Waals surface area contributed by atoms with Gasteiger partial charge in [0.05, 0.1) is 10.7 Å². The van der Waals surface area contributed by atoms with Crippen molar-refractivity contribution in [3.63, 3.8) is 0 Å². The van der Waals surface area contributed by atoms with E-state index in [4.69, 9.17) is 27.8 Å². The summed E-state index contributed by atoms with van der Waals surface area (Å²) in [5.41, 5.74) is 8.37. The molecule has 1 amide bonds. The number of ether oxygens (including phenoxy) is 1. The molecule has 4 rings (SSSR count). The SMILES string of the molecule is Cn1ccnc1C(O)(CN)c1cc2c(c(-c3cc(Cl)c(F)cc3F)n1)OC[C@]2(C)C(N)=O. The van der Waals surface area contributed by atoms with E-state index < -0.39 is 28.6 Å². The first kappa shape index (κ1) is 22.1. The van der Waals surface area contributed by atoms with Crippen LogP contribution in [0.15, 0.2) is 30.6 Å². The van der Waals surface area contributed by atoms with Gasteiger partial charge in [-0.1, -0.05) is 11.6 Å². The molecule has 3 aromatic rings. The van der Waals surface area contributed by atoms with Gasteiger partial charge in [0.1, 0.15) is 40.9 Å². The Hall–Kier alpha value is -3.08. The number of nitrogens with two attached hydrogens (primary N) is 2. The van der Waals surface area contributed by atoms with Gasteiger partial charge in [-0.2, -0.15) is 0 Å². The van der Waals surface area contributed by atoms with Crippen LogP contribution in [0, 0.1) is 11.6 Å². The van der Waals surface area contributed by atoms with Crippen LogP contribution in [0.2, 0.25) is 5.02 Å². The fourth-order valence-corrected chi connectivity index (χ4v) is 3.92. The van der Waals surface area contributed by atoms with Crippen LogP contribution < -0.4 is 16.2 Å². The first-order chi connectivity index (χ1) is 15.0. The van der Waals surface area contributed by atoms with E-state index in [0.29, 0.717) is 6.07 Å². The molecule has 0 fully saturated rings. The van der Waals surface area contributed by atoms with E-state index >= 15 is 0 Å². The Morgan fingerprint density at radius 3 is 2.69 bits per heavy atom. The van der Waals surface area contributed by atoms with Crippen LogP contribution in [-0.2, 0) is 22.9 Å². The number of halogens is 3. The number of fused-ring (bicyclic) bond motifs is 1. The minimum Gasteiger partial charge on any atom is -0.489 e. The van der Waals surface area contributed by atoms with Crippen molar-refractivity contribution in [1.29, 1.82) is 0 Å². The average Bonchev–Trinajstić information content (AvgIpc) is 3.34. The second-order valence-corrected chi connectivity index (χ2v) is 8.30. The van der Waals surface area contributed by atoms with E-state index in [-0.39, 0.29) is 52.3 Å². The summed E-state index contributed by atoms with van der Waals surface area (Å²) in [5, 5.41) is 11.2. The summed E-state index contributed by atoms with van der Waals surface area (Å²) in [6.45, 7) is 1.10. The van der Waals surface area contributed by atoms with Crippen molar-refractivity contribution in [3.8, 4) is 17.0 Å². The van der Waals surface area contributed by atoms with Gasteiger partial charge in [0, 0.05) is 43.2 Å². The number of aliphatic hydroxyl groups is 1. The first-order valence-corrected chi connectivity index (χ1v) is 9.94. The number of nitrogens with zero attached hydrogens (tertiary/aromatic N) is 3. The van der Waals surface area contributed by atoms with Gasteiger partial charge >= 0.3 is 0 Å². The molecule has 3 heterocycles. The van der Waals surface area contributed by atoms with E-state index in [1.165, 1.54) is 12.3 Å². The molecule has 1 unspecified atom stereocenters. The highest BCUT2D eigenvalue weighted by molar-refractivity contribution is 6.31. The normalized spacial score (nSPS) is 19.3. The highest BCUT2D eigenvalue weighted by Crippen LogP contribution is 2.46. The Labute approximate surface area is 186 Å². The van der Waals surface area contributed by atoms with Crippen LogP contribution in [0.5, 0.6) is 5.75 Å². The average molecular weight is 464 g/mol. The molecule has 0 aliphatic carbocycles. The number of carbonyl (C=O) groups is 1. The Balaban J connectivity index is 2.06. The zero-order chi connectivity index (χ0) is 23.4. The van der Waals surface area contributed by atoms with Gasteiger partial charge in [0.15, 0.2) is 5.60 Å². The summed E-state index contributed by atoms with van der Waals surface area (Å²) in [4.78, 5) is 20.9. The molecule has 5 N–H and O–H groups in total. The van der Waals surface area contributed by atoms with Gasteiger partial charge < -0.3 is 25.9 Å². The first-order valence-electron chi connectivity index (χ1n) is 9.56. The fourth-order valence-electron chi connectivity index (χ4n) is 3.76. The molecule has 0 saturated carbocycles. The van der Waals surface area contributed by atoms with E-state index in [1.54, 1.807) is 24.7 Å². The molecule has 168 valence electrons. The minimum absolute atomic E-state index is 0.0131. The third-order valence-electron chi connectivity index (χ3n) is 5.79. The van der Waals surface area contributed by atoms with Crippen molar-refractivity contribution in [1.82, 2.24) is 14.5 Å². The van der Waals surface area contributed by atoms with E-state index in [2.05, 4.69) is 9.97 Å². The van der Waals surface area contributed by atoms with Crippen molar-refractivity contribution < 1.29 is 23.4 Å². The van der Waals surface area contributed by atoms with Crippen LogP contribution in [0.4, 0.5) is 8.78 Å². The summed E-state index contributed by atoms with van der Waals surface area (Å²) in [7, 11) is 1.66. The lowest BCUT2D eigenvalue weighted by Crippen LogP contribution is -2.41. The third kappa shape index (κ3) is 3.14. The molecule has 0 saturated heterocycles. The number of pyridine rings is 1. The van der Waals surface area contributed by atoms with Gasteiger partial charge in [-0.25, -0.2) is 18.7 Å². The minimum atomic E-state index is -1.90. The predicted molar refractivity (Wildman–Crippen MR) is 112 cm³/mol. The van der Waals surface area contributed by atoms with Gasteiger partial charge in [0.2, 0.25) is 5.91 Å². The van der Waals surface area contributed by atoms with Gasteiger partial charge in [-0.15, -0.1) is 0 Å². The number of hydrogen-bond donors (Lipinski definition) is 3.